The Morgan fingerprint density at radius 2 is 0.950 bits per heavy atom. The molecule has 0 aliphatic carbocycles. The molecule has 0 heterocycles. The smallest absolute Gasteiger partial charge is 0.326 e. The Kier molecular flexibility index (Phi) is 24.7. The average Bonchev–Trinajstić information content (AvgIpc) is 3.12. The Morgan fingerprint density at radius 3 is 1.38 bits per heavy atom. The molecule has 0 saturated heterocycles. The van der Waals surface area contributed by atoms with E-state index in [0.29, 0.717) is 0 Å². The molecule has 0 saturated carbocycles. The third-order valence-corrected chi connectivity index (χ3v) is 8.68. The highest BCUT2D eigenvalue weighted by atomic mass is 16.4. The predicted octanol–water partition coefficient (Wildman–Crippen LogP) is -4.66. The molecule has 0 rings (SSSR count). The van der Waals surface area contributed by atoms with Crippen molar-refractivity contribution in [2.75, 3.05) is 6.54 Å². The van der Waals surface area contributed by atoms with Crippen LogP contribution < -0.4 is 54.8 Å². The van der Waals surface area contributed by atoms with Crippen LogP contribution >= 0.6 is 0 Å². The molecule has 0 aromatic heterocycles. The minimum atomic E-state index is -1.82. The Labute approximate surface area is 348 Å². The second-order valence-electron chi connectivity index (χ2n) is 15.3. The van der Waals surface area contributed by atoms with Crippen molar-refractivity contribution in [3.05, 3.63) is 0 Å². The number of aliphatic hydroxyl groups is 2. The van der Waals surface area contributed by atoms with Gasteiger partial charge in [-0.2, -0.15) is 0 Å². The number of aliphatic carboxylic acids is 2. The predicted molar refractivity (Wildman–Crippen MR) is 215 cm³/mol. The Bertz CT molecular complexity index is 1520. The largest absolute Gasteiger partial charge is 0.481 e. The molecule has 7 amide bonds. The van der Waals surface area contributed by atoms with Gasteiger partial charge < -0.3 is 75.3 Å². The van der Waals surface area contributed by atoms with E-state index >= 15 is 0 Å². The zero-order chi connectivity index (χ0) is 46.4. The van der Waals surface area contributed by atoms with E-state index in [0.717, 1.165) is 13.8 Å². The molecule has 18 N–H and O–H groups in total. The van der Waals surface area contributed by atoms with E-state index in [9.17, 15) is 58.5 Å². The number of primary amides is 1. The molecule has 9 atom stereocenters. The summed E-state index contributed by atoms with van der Waals surface area (Å²) < 4.78 is 0. The number of rotatable bonds is 29. The van der Waals surface area contributed by atoms with Crippen molar-refractivity contribution in [1.29, 1.82) is 0 Å². The van der Waals surface area contributed by atoms with Crippen LogP contribution in [0.25, 0.3) is 0 Å². The van der Waals surface area contributed by atoms with Gasteiger partial charge in [-0.3, -0.25) is 43.3 Å². The summed E-state index contributed by atoms with van der Waals surface area (Å²) in [6.45, 7) is 9.26. The van der Waals surface area contributed by atoms with Crippen molar-refractivity contribution in [3.63, 3.8) is 0 Å². The summed E-state index contributed by atoms with van der Waals surface area (Å²) in [4.78, 5) is 119. The Hall–Kier alpha value is -5.62. The first-order valence-electron chi connectivity index (χ1n) is 19.5. The van der Waals surface area contributed by atoms with Gasteiger partial charge in [0.15, 0.2) is 5.96 Å². The normalized spacial score (nSPS) is 15.7. The fourth-order valence-corrected chi connectivity index (χ4v) is 5.53. The molecule has 0 bridgehead atoms. The van der Waals surface area contributed by atoms with E-state index in [2.05, 4.69) is 36.9 Å². The van der Waals surface area contributed by atoms with Crippen LogP contribution in [-0.2, 0) is 43.2 Å². The van der Waals surface area contributed by atoms with Crippen LogP contribution in [0.15, 0.2) is 4.99 Å². The quantitative estimate of drug-likeness (QED) is 0.0191. The van der Waals surface area contributed by atoms with Gasteiger partial charge in [-0.1, -0.05) is 27.7 Å². The summed E-state index contributed by atoms with van der Waals surface area (Å²) in [5.41, 5.74) is 21.8. The summed E-state index contributed by atoms with van der Waals surface area (Å²) in [6.07, 6.45) is -4.82. The number of carboxylic acids is 2. The number of aliphatic hydroxyl groups excluding tert-OH is 2. The van der Waals surface area contributed by atoms with Crippen LogP contribution in [0.1, 0.15) is 92.9 Å². The summed E-state index contributed by atoms with van der Waals surface area (Å²) in [5, 5.41) is 53.6. The fraction of sp³-hybridized carbons (Fsp3) is 0.722. The van der Waals surface area contributed by atoms with E-state index in [-0.39, 0.29) is 56.4 Å². The second-order valence-corrected chi connectivity index (χ2v) is 15.3. The van der Waals surface area contributed by atoms with E-state index in [1.165, 1.54) is 0 Å². The number of hydrogen-bond acceptors (Lipinski definition) is 13. The van der Waals surface area contributed by atoms with Gasteiger partial charge >= 0.3 is 11.9 Å². The zero-order valence-corrected chi connectivity index (χ0v) is 34.9. The third-order valence-electron chi connectivity index (χ3n) is 8.68. The molecule has 24 nitrogen and oxygen atoms in total. The number of carbonyl (C=O) groups excluding carboxylic acids is 7. The number of aliphatic imine (C=N–C) groups is 1. The molecule has 0 unspecified atom stereocenters. The summed E-state index contributed by atoms with van der Waals surface area (Å²) >= 11 is 0. The lowest BCUT2D eigenvalue weighted by Gasteiger charge is -2.29. The number of nitrogens with zero attached hydrogens (tertiary/aromatic N) is 1. The highest BCUT2D eigenvalue weighted by molar-refractivity contribution is 5.97. The minimum Gasteiger partial charge on any atom is -0.481 e. The van der Waals surface area contributed by atoms with Crippen LogP contribution in [0.4, 0.5) is 0 Å². The monoisotopic (exact) mass is 859 g/mol. The van der Waals surface area contributed by atoms with Crippen LogP contribution in [-0.4, -0.2) is 141 Å². The SMILES string of the molecule is CC(C)C[C@H](NC(=O)[C@H](CC(C)C)NC(=O)[C@H](CCC(N)=O)NC(=O)[C@@H](NC(=O)[C@H](CCCN=C(N)N)NC(=O)[C@@H](NC(=O)[C@@H](N)CCC(=O)O)[C@@H](C)O)[C@@H](C)O)C(=O)O. The highest BCUT2D eigenvalue weighted by Gasteiger charge is 2.36. The standard InChI is InChI=1S/C36H65N11O13/c1-16(2)14-23(32(56)45-24(35(59)60)15-17(3)4)44-30(54)22(10-11-25(38)50)43-34(58)28(19(6)49)47-31(55)21(8-7-13-41-36(39)40)42-33(57)27(18(5)48)46-29(53)20(37)9-12-26(51)52/h16-24,27-28,48-49H,7-15,37H2,1-6H3,(H2,38,50)(H,42,57)(H,43,58)(H,44,54)(H,45,56)(H,46,53)(H,47,55)(H,51,52)(H,59,60)(H4,39,40,41)/t18-,19-,20+,21+,22+,23+,24+,27+,28+/m1/s1. The molecule has 0 spiro atoms. The second kappa shape index (κ2) is 27.2. The van der Waals surface area contributed by atoms with Gasteiger partial charge in [0, 0.05) is 19.4 Å². The molecule has 60 heavy (non-hydrogen) atoms. The van der Waals surface area contributed by atoms with Gasteiger partial charge in [-0.25, -0.2) is 4.79 Å². The molecule has 0 aromatic rings. The number of carboxylic acid groups (broad SMARTS) is 2. The lowest BCUT2D eigenvalue weighted by molar-refractivity contribution is -0.143. The summed E-state index contributed by atoms with van der Waals surface area (Å²) in [7, 11) is 0. The number of hydrogen-bond donors (Lipinski definition) is 14. The molecule has 0 aliphatic rings. The van der Waals surface area contributed by atoms with Gasteiger partial charge in [0.1, 0.15) is 36.3 Å². The zero-order valence-electron chi connectivity index (χ0n) is 34.9. The van der Waals surface area contributed by atoms with Gasteiger partial charge in [-0.05, 0) is 64.2 Å². The van der Waals surface area contributed by atoms with Crippen molar-refractivity contribution in [2.45, 2.75) is 147 Å². The first kappa shape index (κ1) is 54.4. The minimum absolute atomic E-state index is 0.0293. The molecule has 0 aromatic carbocycles. The first-order valence-corrected chi connectivity index (χ1v) is 19.5. The number of amides is 7. The maximum Gasteiger partial charge on any atom is 0.326 e. The van der Waals surface area contributed by atoms with E-state index < -0.39 is 127 Å². The van der Waals surface area contributed by atoms with Crippen LogP contribution in [0.5, 0.6) is 0 Å². The molecule has 0 radical (unpaired) electrons. The van der Waals surface area contributed by atoms with Crippen molar-refractivity contribution in [2.24, 2.45) is 39.8 Å². The van der Waals surface area contributed by atoms with Crippen molar-refractivity contribution in [3.8, 4) is 0 Å². The van der Waals surface area contributed by atoms with Crippen molar-refractivity contribution < 1.29 is 63.6 Å². The van der Waals surface area contributed by atoms with Crippen molar-refractivity contribution in [1.82, 2.24) is 31.9 Å². The fourth-order valence-electron chi connectivity index (χ4n) is 5.53. The van der Waals surface area contributed by atoms with Crippen LogP contribution in [0.2, 0.25) is 0 Å². The third kappa shape index (κ3) is 21.9. The number of nitrogens with two attached hydrogens (primary N) is 4. The first-order chi connectivity index (χ1) is 27.8. The van der Waals surface area contributed by atoms with Crippen LogP contribution in [0.3, 0.4) is 0 Å². The van der Waals surface area contributed by atoms with E-state index in [1.54, 1.807) is 27.7 Å². The van der Waals surface area contributed by atoms with Crippen LogP contribution in [0, 0.1) is 11.8 Å². The van der Waals surface area contributed by atoms with E-state index in [1.807, 2.05) is 0 Å². The van der Waals surface area contributed by atoms with Gasteiger partial charge in [0.2, 0.25) is 41.4 Å². The lowest BCUT2D eigenvalue weighted by Crippen LogP contribution is -2.62. The van der Waals surface area contributed by atoms with E-state index in [4.69, 9.17) is 28.0 Å². The highest BCUT2D eigenvalue weighted by Crippen LogP contribution is 2.11. The Morgan fingerprint density at radius 1 is 0.533 bits per heavy atom. The summed E-state index contributed by atoms with van der Waals surface area (Å²) in [5.74, 6) is -10.0. The molecule has 0 aliphatic heterocycles. The number of nitrogens with one attached hydrogen (secondary N) is 6. The molecule has 342 valence electrons. The molecule has 0 fully saturated rings. The summed E-state index contributed by atoms with van der Waals surface area (Å²) in [6, 6.07) is -10.6. The lowest BCUT2D eigenvalue weighted by atomic mass is 10.00. The van der Waals surface area contributed by atoms with Gasteiger partial charge in [0.25, 0.3) is 0 Å². The number of carbonyl (C=O) groups is 9. The molecular weight excluding hydrogens is 794 g/mol. The average molecular weight is 860 g/mol. The number of guanidine groups is 1. The van der Waals surface area contributed by atoms with Gasteiger partial charge in [0.05, 0.1) is 18.2 Å². The molecular formula is C36H65N11O13. The van der Waals surface area contributed by atoms with Crippen molar-refractivity contribution >= 4 is 59.2 Å². The molecule has 24 heteroatoms. The maximum atomic E-state index is 13.7. The topological polar surface area (TPSA) is 423 Å². The Balaban J connectivity index is 6.45. The van der Waals surface area contributed by atoms with Gasteiger partial charge in [-0.15, -0.1) is 0 Å². The maximum absolute atomic E-state index is 13.7.